The van der Waals surface area contributed by atoms with Gasteiger partial charge in [-0.3, -0.25) is 5.10 Å². The summed E-state index contributed by atoms with van der Waals surface area (Å²) in [5.41, 5.74) is 4.96. The molecule has 3 atom stereocenters. The van der Waals surface area contributed by atoms with Gasteiger partial charge in [0.2, 0.25) is 0 Å². The minimum atomic E-state index is 0.447. The molecule has 5 rings (SSSR count). The SMILES string of the molecule is c1ccc(C2C3Cc4c(n[nH]c4C4=NCN=N4)C32)cc1. The van der Waals surface area contributed by atoms with E-state index in [-0.39, 0.29) is 0 Å². The Labute approximate surface area is 115 Å². The van der Waals surface area contributed by atoms with Crippen LogP contribution >= 0.6 is 0 Å². The fraction of sp³-hybridized carbons (Fsp3) is 0.333. The number of aromatic amines is 1. The van der Waals surface area contributed by atoms with Gasteiger partial charge in [0, 0.05) is 11.5 Å². The van der Waals surface area contributed by atoms with E-state index in [0.29, 0.717) is 24.4 Å². The second-order valence-electron chi connectivity index (χ2n) is 5.66. The minimum Gasteiger partial charge on any atom is -0.274 e. The summed E-state index contributed by atoms with van der Waals surface area (Å²) in [4.78, 5) is 4.28. The number of aromatic nitrogens is 2. The van der Waals surface area contributed by atoms with Crippen molar-refractivity contribution in [3.8, 4) is 0 Å². The molecule has 0 saturated heterocycles. The van der Waals surface area contributed by atoms with Gasteiger partial charge in [-0.05, 0) is 23.8 Å². The average molecular weight is 263 g/mol. The molecule has 0 spiro atoms. The number of hydrogen-bond acceptors (Lipinski definition) is 4. The van der Waals surface area contributed by atoms with Crippen LogP contribution in [0.4, 0.5) is 0 Å². The Morgan fingerprint density at radius 2 is 2.00 bits per heavy atom. The zero-order valence-corrected chi connectivity index (χ0v) is 10.8. The standard InChI is InChI=1S/C15H13N5/c1-2-4-8(5-3-1)11-9-6-10-13(12(9)11)18-19-14(10)15-16-7-17-20-15/h1-5,9,11-12H,6-7H2,(H,18,19). The molecular formula is C15H13N5. The van der Waals surface area contributed by atoms with Crippen LogP contribution < -0.4 is 0 Å². The van der Waals surface area contributed by atoms with Gasteiger partial charge in [-0.15, -0.1) is 5.11 Å². The molecule has 1 aromatic carbocycles. The molecule has 0 bridgehead atoms. The smallest absolute Gasteiger partial charge is 0.197 e. The van der Waals surface area contributed by atoms with E-state index in [0.717, 1.165) is 18.0 Å². The highest BCUT2D eigenvalue weighted by molar-refractivity contribution is 5.99. The molecule has 3 aliphatic rings. The highest BCUT2D eigenvalue weighted by Gasteiger charge is 2.58. The maximum Gasteiger partial charge on any atom is 0.197 e. The molecule has 2 aliphatic carbocycles. The number of fused-ring (bicyclic) bond motifs is 3. The zero-order chi connectivity index (χ0) is 13.1. The quantitative estimate of drug-likeness (QED) is 0.889. The molecule has 5 nitrogen and oxygen atoms in total. The van der Waals surface area contributed by atoms with Crippen molar-refractivity contribution in [3.05, 3.63) is 52.8 Å². The van der Waals surface area contributed by atoms with E-state index in [1.165, 1.54) is 16.8 Å². The number of azo groups is 1. The Morgan fingerprint density at radius 3 is 2.80 bits per heavy atom. The van der Waals surface area contributed by atoms with Gasteiger partial charge in [-0.25, -0.2) is 4.99 Å². The number of H-pyrrole nitrogens is 1. The van der Waals surface area contributed by atoms with E-state index in [4.69, 9.17) is 0 Å². The third-order valence-electron chi connectivity index (χ3n) is 4.68. The molecule has 20 heavy (non-hydrogen) atoms. The van der Waals surface area contributed by atoms with E-state index < -0.39 is 0 Å². The summed E-state index contributed by atoms with van der Waals surface area (Å²) in [6.07, 6.45) is 1.08. The van der Waals surface area contributed by atoms with Gasteiger partial charge in [0.1, 0.15) is 5.69 Å². The molecule has 2 aromatic rings. The summed E-state index contributed by atoms with van der Waals surface area (Å²) in [5.74, 6) is 2.65. The highest BCUT2D eigenvalue weighted by atomic mass is 15.3. The van der Waals surface area contributed by atoms with Crippen molar-refractivity contribution >= 4 is 5.84 Å². The summed E-state index contributed by atoms with van der Waals surface area (Å²) < 4.78 is 0. The molecule has 2 heterocycles. The van der Waals surface area contributed by atoms with Crippen LogP contribution in [-0.2, 0) is 6.42 Å². The molecule has 1 saturated carbocycles. The van der Waals surface area contributed by atoms with Gasteiger partial charge in [-0.2, -0.15) is 10.2 Å². The van der Waals surface area contributed by atoms with E-state index in [2.05, 4.69) is 55.8 Å². The van der Waals surface area contributed by atoms with Crippen LogP contribution in [0.3, 0.4) is 0 Å². The van der Waals surface area contributed by atoms with Gasteiger partial charge >= 0.3 is 0 Å². The minimum absolute atomic E-state index is 0.447. The first kappa shape index (κ1) is 10.5. The normalized spacial score (nSPS) is 29.2. The number of rotatable bonds is 2. The Morgan fingerprint density at radius 1 is 1.10 bits per heavy atom. The van der Waals surface area contributed by atoms with Crippen molar-refractivity contribution in [2.24, 2.45) is 21.1 Å². The summed E-state index contributed by atoms with van der Waals surface area (Å²) in [5, 5.41) is 15.6. The summed E-state index contributed by atoms with van der Waals surface area (Å²) in [7, 11) is 0. The lowest BCUT2D eigenvalue weighted by molar-refractivity contribution is 0.808. The van der Waals surface area contributed by atoms with Crippen LogP contribution in [-0.4, -0.2) is 22.7 Å². The third-order valence-corrected chi connectivity index (χ3v) is 4.68. The van der Waals surface area contributed by atoms with Gasteiger partial charge in [0.25, 0.3) is 0 Å². The Hall–Kier alpha value is -2.30. The summed E-state index contributed by atoms with van der Waals surface area (Å²) in [6, 6.07) is 10.8. The van der Waals surface area contributed by atoms with E-state index in [1.54, 1.807) is 0 Å². The number of hydrogen-bond donors (Lipinski definition) is 1. The van der Waals surface area contributed by atoms with Crippen molar-refractivity contribution in [3.63, 3.8) is 0 Å². The molecule has 98 valence electrons. The van der Waals surface area contributed by atoms with Crippen molar-refractivity contribution in [2.45, 2.75) is 18.3 Å². The van der Waals surface area contributed by atoms with Crippen molar-refractivity contribution in [1.82, 2.24) is 10.2 Å². The second-order valence-corrected chi connectivity index (χ2v) is 5.66. The molecule has 1 N–H and O–H groups in total. The van der Waals surface area contributed by atoms with Crippen molar-refractivity contribution in [2.75, 3.05) is 6.67 Å². The van der Waals surface area contributed by atoms with Crippen LogP contribution in [0.15, 0.2) is 45.6 Å². The summed E-state index contributed by atoms with van der Waals surface area (Å²) >= 11 is 0. The molecule has 0 radical (unpaired) electrons. The fourth-order valence-electron chi connectivity index (χ4n) is 3.77. The molecule has 1 aromatic heterocycles. The Balaban J connectivity index is 1.50. The van der Waals surface area contributed by atoms with Gasteiger partial charge in [0.05, 0.1) is 5.69 Å². The van der Waals surface area contributed by atoms with Crippen molar-refractivity contribution < 1.29 is 0 Å². The van der Waals surface area contributed by atoms with Gasteiger partial charge in [-0.1, -0.05) is 30.3 Å². The van der Waals surface area contributed by atoms with Crippen LogP contribution in [0.5, 0.6) is 0 Å². The van der Waals surface area contributed by atoms with Crippen LogP contribution in [0.25, 0.3) is 0 Å². The predicted octanol–water partition coefficient (Wildman–Crippen LogP) is 2.63. The molecule has 0 amide bonds. The second kappa shape index (κ2) is 3.62. The largest absolute Gasteiger partial charge is 0.274 e. The first-order chi connectivity index (χ1) is 9.93. The topological polar surface area (TPSA) is 65.8 Å². The predicted molar refractivity (Wildman–Crippen MR) is 74.0 cm³/mol. The van der Waals surface area contributed by atoms with Crippen LogP contribution in [0, 0.1) is 5.92 Å². The lowest BCUT2D eigenvalue weighted by Gasteiger charge is -2.04. The number of nitrogens with zero attached hydrogens (tertiary/aromatic N) is 4. The number of aliphatic imine (C=N–C) groups is 1. The zero-order valence-electron chi connectivity index (χ0n) is 10.8. The number of amidine groups is 1. The molecule has 1 aliphatic heterocycles. The molecule has 3 unspecified atom stereocenters. The first-order valence-electron chi connectivity index (χ1n) is 6.98. The molecular weight excluding hydrogens is 250 g/mol. The van der Waals surface area contributed by atoms with E-state index in [9.17, 15) is 0 Å². The lowest BCUT2D eigenvalue weighted by atomic mass is 10.0. The monoisotopic (exact) mass is 263 g/mol. The number of benzene rings is 1. The Bertz CT molecular complexity index is 743. The highest BCUT2D eigenvalue weighted by Crippen LogP contribution is 2.66. The first-order valence-corrected chi connectivity index (χ1v) is 6.98. The van der Waals surface area contributed by atoms with Crippen molar-refractivity contribution in [1.29, 1.82) is 0 Å². The maximum atomic E-state index is 4.53. The van der Waals surface area contributed by atoms with Gasteiger partial charge < -0.3 is 0 Å². The fourth-order valence-corrected chi connectivity index (χ4v) is 3.77. The third kappa shape index (κ3) is 1.27. The van der Waals surface area contributed by atoms with Crippen LogP contribution in [0.2, 0.25) is 0 Å². The summed E-state index contributed by atoms with van der Waals surface area (Å²) in [6.45, 7) is 0.447. The molecule has 1 fully saturated rings. The Kier molecular flexibility index (Phi) is 1.90. The van der Waals surface area contributed by atoms with Gasteiger partial charge in [0.15, 0.2) is 12.5 Å². The maximum absolute atomic E-state index is 4.53. The van der Waals surface area contributed by atoms with E-state index >= 15 is 0 Å². The molecule has 5 heteroatoms. The number of nitrogens with one attached hydrogen (secondary N) is 1. The lowest BCUT2D eigenvalue weighted by Crippen LogP contribution is -2.01. The average Bonchev–Trinajstić information content (AvgIpc) is 2.92. The van der Waals surface area contributed by atoms with E-state index in [1.807, 2.05) is 0 Å². The van der Waals surface area contributed by atoms with Crippen LogP contribution in [0.1, 0.15) is 34.4 Å².